The first-order valence-corrected chi connectivity index (χ1v) is 7.68. The van der Waals surface area contributed by atoms with E-state index < -0.39 is 0 Å². The minimum absolute atomic E-state index is 0.231. The fourth-order valence-corrected chi connectivity index (χ4v) is 3.27. The van der Waals surface area contributed by atoms with E-state index in [-0.39, 0.29) is 5.91 Å². The molecule has 1 saturated carbocycles. The van der Waals surface area contributed by atoms with Crippen molar-refractivity contribution in [2.24, 2.45) is 0 Å². The zero-order valence-corrected chi connectivity index (χ0v) is 12.9. The molecule has 0 aliphatic heterocycles. The van der Waals surface area contributed by atoms with Crippen molar-refractivity contribution in [3.8, 4) is 0 Å². The SMILES string of the molecule is CCC(=O)N(c1ccccc1)[C@@H]1CCCC[C@H]1N(C)C. The Morgan fingerprint density at radius 3 is 2.25 bits per heavy atom. The molecule has 3 heteroatoms. The van der Waals surface area contributed by atoms with E-state index in [4.69, 9.17) is 0 Å². The zero-order valence-electron chi connectivity index (χ0n) is 12.9. The van der Waals surface area contributed by atoms with E-state index >= 15 is 0 Å². The summed E-state index contributed by atoms with van der Waals surface area (Å²) in [5.74, 6) is 0.231. The number of hydrogen-bond acceptors (Lipinski definition) is 2. The van der Waals surface area contributed by atoms with Crippen molar-refractivity contribution in [2.45, 2.75) is 51.1 Å². The van der Waals surface area contributed by atoms with Gasteiger partial charge in [0.25, 0.3) is 0 Å². The van der Waals surface area contributed by atoms with Gasteiger partial charge in [0.1, 0.15) is 0 Å². The number of para-hydroxylation sites is 1. The van der Waals surface area contributed by atoms with Crippen molar-refractivity contribution >= 4 is 11.6 Å². The molecule has 0 heterocycles. The highest BCUT2D eigenvalue weighted by molar-refractivity contribution is 5.93. The second kappa shape index (κ2) is 6.89. The Kier molecular flexibility index (Phi) is 5.18. The zero-order chi connectivity index (χ0) is 14.5. The summed E-state index contributed by atoms with van der Waals surface area (Å²) in [6, 6.07) is 10.9. The maximum atomic E-state index is 12.5. The molecule has 1 fully saturated rings. The number of anilines is 1. The van der Waals surface area contributed by atoms with Gasteiger partial charge in [-0.05, 0) is 39.1 Å². The van der Waals surface area contributed by atoms with Crippen LogP contribution in [0.2, 0.25) is 0 Å². The topological polar surface area (TPSA) is 23.6 Å². The van der Waals surface area contributed by atoms with Gasteiger partial charge in [0.15, 0.2) is 0 Å². The lowest BCUT2D eigenvalue weighted by molar-refractivity contribution is -0.119. The molecule has 1 aromatic rings. The summed E-state index contributed by atoms with van der Waals surface area (Å²) in [5.41, 5.74) is 1.04. The van der Waals surface area contributed by atoms with Gasteiger partial charge in [-0.2, -0.15) is 0 Å². The van der Waals surface area contributed by atoms with Crippen LogP contribution in [0.5, 0.6) is 0 Å². The first kappa shape index (κ1) is 15.0. The highest BCUT2D eigenvalue weighted by Gasteiger charge is 2.34. The molecule has 2 rings (SSSR count). The predicted molar refractivity (Wildman–Crippen MR) is 84.0 cm³/mol. The number of benzene rings is 1. The van der Waals surface area contributed by atoms with Gasteiger partial charge < -0.3 is 9.80 Å². The van der Waals surface area contributed by atoms with Gasteiger partial charge in [-0.1, -0.05) is 38.0 Å². The normalized spacial score (nSPS) is 22.8. The van der Waals surface area contributed by atoms with Crippen LogP contribution in [0.1, 0.15) is 39.0 Å². The Morgan fingerprint density at radius 2 is 1.70 bits per heavy atom. The molecule has 1 aliphatic carbocycles. The average Bonchev–Trinajstić information content (AvgIpc) is 2.48. The molecule has 110 valence electrons. The Labute approximate surface area is 122 Å². The van der Waals surface area contributed by atoms with E-state index in [2.05, 4.69) is 31.1 Å². The molecule has 0 bridgehead atoms. The van der Waals surface area contributed by atoms with Crippen LogP contribution in [-0.4, -0.2) is 37.0 Å². The molecule has 1 aliphatic rings. The van der Waals surface area contributed by atoms with Gasteiger partial charge in [-0.25, -0.2) is 0 Å². The van der Waals surface area contributed by atoms with Crippen LogP contribution < -0.4 is 4.90 Å². The van der Waals surface area contributed by atoms with Gasteiger partial charge in [-0.15, -0.1) is 0 Å². The third-order valence-electron chi connectivity index (χ3n) is 4.29. The first-order valence-electron chi connectivity index (χ1n) is 7.68. The highest BCUT2D eigenvalue weighted by Crippen LogP contribution is 2.30. The third-order valence-corrected chi connectivity index (χ3v) is 4.29. The van der Waals surface area contributed by atoms with E-state index in [0.29, 0.717) is 18.5 Å². The quantitative estimate of drug-likeness (QED) is 0.841. The lowest BCUT2D eigenvalue weighted by atomic mass is 9.88. The van der Waals surface area contributed by atoms with Gasteiger partial charge in [0, 0.05) is 18.2 Å². The van der Waals surface area contributed by atoms with Crippen LogP contribution in [-0.2, 0) is 4.79 Å². The molecule has 0 spiro atoms. The molecule has 1 aromatic carbocycles. The van der Waals surface area contributed by atoms with E-state index in [9.17, 15) is 4.79 Å². The molecule has 0 unspecified atom stereocenters. The van der Waals surface area contributed by atoms with Crippen LogP contribution in [0.4, 0.5) is 5.69 Å². The van der Waals surface area contributed by atoms with Crippen molar-refractivity contribution in [1.29, 1.82) is 0 Å². The summed E-state index contributed by atoms with van der Waals surface area (Å²) in [6.45, 7) is 1.95. The van der Waals surface area contributed by atoms with Crippen LogP contribution in [0, 0.1) is 0 Å². The average molecular weight is 274 g/mol. The number of nitrogens with zero attached hydrogens (tertiary/aromatic N) is 2. The molecule has 0 saturated heterocycles. The highest BCUT2D eigenvalue weighted by atomic mass is 16.2. The molecule has 1 amide bonds. The van der Waals surface area contributed by atoms with E-state index in [1.54, 1.807) is 0 Å². The lowest BCUT2D eigenvalue weighted by Crippen LogP contribution is -2.53. The molecule has 20 heavy (non-hydrogen) atoms. The minimum Gasteiger partial charge on any atom is -0.308 e. The molecule has 3 nitrogen and oxygen atoms in total. The lowest BCUT2D eigenvalue weighted by Gasteiger charge is -2.42. The van der Waals surface area contributed by atoms with Crippen LogP contribution >= 0.6 is 0 Å². The fourth-order valence-electron chi connectivity index (χ4n) is 3.27. The Hall–Kier alpha value is -1.35. The molecule has 0 radical (unpaired) electrons. The maximum Gasteiger partial charge on any atom is 0.227 e. The second-order valence-electron chi connectivity index (χ2n) is 5.84. The first-order chi connectivity index (χ1) is 9.65. The molecule has 2 atom stereocenters. The largest absolute Gasteiger partial charge is 0.308 e. The summed E-state index contributed by atoms with van der Waals surface area (Å²) in [4.78, 5) is 16.8. The molecule has 0 aromatic heterocycles. The minimum atomic E-state index is 0.231. The van der Waals surface area contributed by atoms with Gasteiger partial charge in [0.2, 0.25) is 5.91 Å². The Bertz CT molecular complexity index is 430. The van der Waals surface area contributed by atoms with Crippen molar-refractivity contribution in [1.82, 2.24) is 4.90 Å². The third kappa shape index (κ3) is 3.21. The summed E-state index contributed by atoms with van der Waals surface area (Å²) < 4.78 is 0. The van der Waals surface area contributed by atoms with Gasteiger partial charge in [0.05, 0.1) is 6.04 Å². The van der Waals surface area contributed by atoms with Crippen molar-refractivity contribution in [2.75, 3.05) is 19.0 Å². The Morgan fingerprint density at radius 1 is 1.10 bits per heavy atom. The van der Waals surface area contributed by atoms with Crippen LogP contribution in [0.25, 0.3) is 0 Å². The smallest absolute Gasteiger partial charge is 0.227 e. The Balaban J connectivity index is 2.32. The monoisotopic (exact) mass is 274 g/mol. The number of likely N-dealkylation sites (N-methyl/N-ethyl adjacent to an activating group) is 1. The molecule has 0 N–H and O–H groups in total. The second-order valence-corrected chi connectivity index (χ2v) is 5.84. The number of carbonyl (C=O) groups is 1. The van der Waals surface area contributed by atoms with Crippen LogP contribution in [0.3, 0.4) is 0 Å². The summed E-state index contributed by atoms with van der Waals surface area (Å²) in [5, 5.41) is 0. The van der Waals surface area contributed by atoms with Crippen LogP contribution in [0.15, 0.2) is 30.3 Å². The van der Waals surface area contributed by atoms with E-state index in [1.807, 2.05) is 30.0 Å². The van der Waals surface area contributed by atoms with Gasteiger partial charge in [-0.3, -0.25) is 4.79 Å². The number of amides is 1. The van der Waals surface area contributed by atoms with E-state index in [0.717, 1.165) is 12.1 Å². The fraction of sp³-hybridized carbons (Fsp3) is 0.588. The van der Waals surface area contributed by atoms with E-state index in [1.165, 1.54) is 19.3 Å². The summed E-state index contributed by atoms with van der Waals surface area (Å²) in [6.07, 6.45) is 5.32. The molecular weight excluding hydrogens is 248 g/mol. The number of rotatable bonds is 4. The predicted octanol–water partition coefficient (Wildman–Crippen LogP) is 3.30. The van der Waals surface area contributed by atoms with Crippen molar-refractivity contribution in [3.63, 3.8) is 0 Å². The molecular formula is C17H26N2O. The van der Waals surface area contributed by atoms with Gasteiger partial charge >= 0.3 is 0 Å². The summed E-state index contributed by atoms with van der Waals surface area (Å²) >= 11 is 0. The number of hydrogen-bond donors (Lipinski definition) is 0. The number of carbonyl (C=O) groups excluding carboxylic acids is 1. The summed E-state index contributed by atoms with van der Waals surface area (Å²) in [7, 11) is 4.26. The standard InChI is InChI=1S/C17H26N2O/c1-4-17(20)19(14-10-6-5-7-11-14)16-13-9-8-12-15(16)18(2)3/h5-7,10-11,15-16H,4,8-9,12-13H2,1-3H3/t15-,16-/m1/s1. The van der Waals surface area contributed by atoms with Crippen molar-refractivity contribution in [3.05, 3.63) is 30.3 Å². The maximum absolute atomic E-state index is 12.5. The van der Waals surface area contributed by atoms with Crippen molar-refractivity contribution < 1.29 is 4.79 Å².